The Kier molecular flexibility index (Phi) is 3.17. The number of benzene rings is 1. The molecule has 1 atom stereocenters. The maximum atomic E-state index is 13.0. The van der Waals surface area contributed by atoms with Crippen LogP contribution in [0.15, 0.2) is 22.7 Å². The van der Waals surface area contributed by atoms with Gasteiger partial charge in [-0.25, -0.2) is 4.39 Å². The van der Waals surface area contributed by atoms with Crippen LogP contribution in [-0.2, 0) is 4.74 Å². The third-order valence-electron chi connectivity index (χ3n) is 2.50. The molecule has 80 valence electrons. The number of ketones is 1. The summed E-state index contributed by atoms with van der Waals surface area (Å²) in [5, 5.41) is 0. The molecule has 0 saturated carbocycles. The van der Waals surface area contributed by atoms with Gasteiger partial charge in [0.25, 0.3) is 0 Å². The standard InChI is InChI=1S/C11H10BrFO2/c12-9-5-7(1-2-10(9)13)11(14)8-3-4-15-6-8/h1-2,5,8H,3-4,6H2. The lowest BCUT2D eigenvalue weighted by Gasteiger charge is -2.06. The average Bonchev–Trinajstić information content (AvgIpc) is 2.74. The summed E-state index contributed by atoms with van der Waals surface area (Å²) in [5.41, 5.74) is 0.541. The molecular weight excluding hydrogens is 263 g/mol. The summed E-state index contributed by atoms with van der Waals surface area (Å²) < 4.78 is 18.4. The largest absolute Gasteiger partial charge is 0.381 e. The predicted molar refractivity (Wildman–Crippen MR) is 57.4 cm³/mol. The van der Waals surface area contributed by atoms with Gasteiger partial charge < -0.3 is 4.74 Å². The molecule has 0 aromatic heterocycles. The van der Waals surface area contributed by atoms with Crippen LogP contribution in [0.3, 0.4) is 0 Å². The molecule has 0 radical (unpaired) electrons. The van der Waals surface area contributed by atoms with E-state index in [1.54, 1.807) is 0 Å². The van der Waals surface area contributed by atoms with Crippen molar-refractivity contribution in [2.45, 2.75) is 6.42 Å². The summed E-state index contributed by atoms with van der Waals surface area (Å²) in [6.45, 7) is 1.12. The molecule has 1 aliphatic heterocycles. The molecule has 1 unspecified atom stereocenters. The molecule has 2 rings (SSSR count). The summed E-state index contributed by atoms with van der Waals surface area (Å²) in [4.78, 5) is 11.9. The van der Waals surface area contributed by atoms with Gasteiger partial charge in [0.05, 0.1) is 11.1 Å². The second-order valence-electron chi connectivity index (χ2n) is 3.55. The van der Waals surface area contributed by atoms with Crippen LogP contribution in [0.2, 0.25) is 0 Å². The van der Waals surface area contributed by atoms with Crippen molar-refractivity contribution in [2.75, 3.05) is 13.2 Å². The molecule has 0 spiro atoms. The van der Waals surface area contributed by atoms with E-state index in [1.165, 1.54) is 18.2 Å². The molecule has 0 amide bonds. The van der Waals surface area contributed by atoms with Gasteiger partial charge in [-0.05, 0) is 40.5 Å². The van der Waals surface area contributed by atoms with Gasteiger partial charge in [-0.1, -0.05) is 0 Å². The number of carbonyl (C=O) groups is 1. The Labute approximate surface area is 95.6 Å². The SMILES string of the molecule is O=C(c1ccc(F)c(Br)c1)C1CCOC1. The second kappa shape index (κ2) is 4.41. The fraction of sp³-hybridized carbons (Fsp3) is 0.364. The van der Waals surface area contributed by atoms with Crippen molar-refractivity contribution in [3.8, 4) is 0 Å². The number of hydrogen-bond acceptors (Lipinski definition) is 2. The second-order valence-corrected chi connectivity index (χ2v) is 4.41. The molecule has 4 heteroatoms. The van der Waals surface area contributed by atoms with E-state index in [-0.39, 0.29) is 17.5 Å². The van der Waals surface area contributed by atoms with E-state index in [0.717, 1.165) is 6.42 Å². The molecule has 1 heterocycles. The van der Waals surface area contributed by atoms with Gasteiger partial charge in [0, 0.05) is 18.1 Å². The van der Waals surface area contributed by atoms with Gasteiger partial charge in [0.1, 0.15) is 5.82 Å². The summed E-state index contributed by atoms with van der Waals surface area (Å²) in [6, 6.07) is 4.34. The fourth-order valence-corrected chi connectivity index (χ4v) is 2.01. The van der Waals surface area contributed by atoms with Crippen LogP contribution >= 0.6 is 15.9 Å². The van der Waals surface area contributed by atoms with Gasteiger partial charge in [-0.15, -0.1) is 0 Å². The molecule has 15 heavy (non-hydrogen) atoms. The maximum absolute atomic E-state index is 13.0. The molecule has 1 aromatic rings. The van der Waals surface area contributed by atoms with Gasteiger partial charge >= 0.3 is 0 Å². The highest BCUT2D eigenvalue weighted by atomic mass is 79.9. The highest BCUT2D eigenvalue weighted by Crippen LogP contribution is 2.22. The van der Waals surface area contributed by atoms with Crippen LogP contribution < -0.4 is 0 Å². The average molecular weight is 273 g/mol. The van der Waals surface area contributed by atoms with E-state index in [0.29, 0.717) is 23.2 Å². The monoisotopic (exact) mass is 272 g/mol. The molecule has 0 aliphatic carbocycles. The highest BCUT2D eigenvalue weighted by molar-refractivity contribution is 9.10. The van der Waals surface area contributed by atoms with Crippen LogP contribution in [0.4, 0.5) is 4.39 Å². The van der Waals surface area contributed by atoms with Gasteiger partial charge in [-0.2, -0.15) is 0 Å². The minimum Gasteiger partial charge on any atom is -0.381 e. The zero-order valence-electron chi connectivity index (χ0n) is 8.00. The number of halogens is 2. The van der Waals surface area contributed by atoms with Gasteiger partial charge in [-0.3, -0.25) is 4.79 Å². The number of carbonyl (C=O) groups excluding carboxylic acids is 1. The Hall–Kier alpha value is -0.740. The minimum atomic E-state index is -0.353. The van der Waals surface area contributed by atoms with E-state index in [1.807, 2.05) is 0 Å². The number of Topliss-reactive ketones (excluding diaryl/α,β-unsaturated/α-hetero) is 1. The quantitative estimate of drug-likeness (QED) is 0.774. The highest BCUT2D eigenvalue weighted by Gasteiger charge is 2.24. The Morgan fingerprint density at radius 3 is 2.93 bits per heavy atom. The van der Waals surface area contributed by atoms with E-state index in [4.69, 9.17) is 4.74 Å². The lowest BCUT2D eigenvalue weighted by atomic mass is 9.97. The van der Waals surface area contributed by atoms with Crippen molar-refractivity contribution in [3.05, 3.63) is 34.1 Å². The summed E-state index contributed by atoms with van der Waals surface area (Å²) in [5.74, 6) is -0.384. The van der Waals surface area contributed by atoms with Crippen LogP contribution in [-0.4, -0.2) is 19.0 Å². The Morgan fingerprint density at radius 1 is 1.53 bits per heavy atom. The first-order valence-electron chi connectivity index (χ1n) is 4.75. The topological polar surface area (TPSA) is 26.3 Å². The molecule has 1 aliphatic rings. The normalized spacial score (nSPS) is 20.5. The summed E-state index contributed by atoms with van der Waals surface area (Å²) >= 11 is 3.06. The molecule has 1 aromatic carbocycles. The molecule has 0 N–H and O–H groups in total. The number of ether oxygens (including phenoxy) is 1. The Morgan fingerprint density at radius 2 is 2.33 bits per heavy atom. The first-order valence-corrected chi connectivity index (χ1v) is 5.55. The first kappa shape index (κ1) is 10.8. The molecular formula is C11H10BrFO2. The Bertz CT molecular complexity index is 386. The van der Waals surface area contributed by atoms with E-state index >= 15 is 0 Å². The molecule has 2 nitrogen and oxygen atoms in total. The van der Waals surface area contributed by atoms with Crippen molar-refractivity contribution < 1.29 is 13.9 Å². The lowest BCUT2D eigenvalue weighted by Crippen LogP contribution is -2.14. The number of rotatable bonds is 2. The van der Waals surface area contributed by atoms with E-state index in [9.17, 15) is 9.18 Å². The lowest BCUT2D eigenvalue weighted by molar-refractivity contribution is 0.0900. The molecule has 0 bridgehead atoms. The van der Waals surface area contributed by atoms with Crippen molar-refractivity contribution in [1.29, 1.82) is 0 Å². The van der Waals surface area contributed by atoms with E-state index < -0.39 is 0 Å². The zero-order valence-corrected chi connectivity index (χ0v) is 9.59. The third-order valence-corrected chi connectivity index (χ3v) is 3.11. The summed E-state index contributed by atoms with van der Waals surface area (Å²) in [7, 11) is 0. The third kappa shape index (κ3) is 2.26. The van der Waals surface area contributed by atoms with Crippen LogP contribution in [0.1, 0.15) is 16.8 Å². The van der Waals surface area contributed by atoms with Crippen molar-refractivity contribution in [3.63, 3.8) is 0 Å². The van der Waals surface area contributed by atoms with Crippen molar-refractivity contribution in [2.24, 2.45) is 5.92 Å². The smallest absolute Gasteiger partial charge is 0.168 e. The zero-order chi connectivity index (χ0) is 10.8. The Balaban J connectivity index is 2.21. The first-order chi connectivity index (χ1) is 7.18. The molecule has 1 fully saturated rings. The maximum Gasteiger partial charge on any atom is 0.168 e. The number of hydrogen-bond donors (Lipinski definition) is 0. The molecule has 1 saturated heterocycles. The van der Waals surface area contributed by atoms with Crippen LogP contribution in [0, 0.1) is 11.7 Å². The summed E-state index contributed by atoms with van der Waals surface area (Å²) in [6.07, 6.45) is 0.758. The minimum absolute atomic E-state index is 0.0354. The van der Waals surface area contributed by atoms with Crippen molar-refractivity contribution >= 4 is 21.7 Å². The van der Waals surface area contributed by atoms with E-state index in [2.05, 4.69) is 15.9 Å². The van der Waals surface area contributed by atoms with Crippen LogP contribution in [0.5, 0.6) is 0 Å². The predicted octanol–water partition coefficient (Wildman–Crippen LogP) is 2.81. The van der Waals surface area contributed by atoms with Gasteiger partial charge in [0.2, 0.25) is 0 Å². The van der Waals surface area contributed by atoms with Gasteiger partial charge in [0.15, 0.2) is 5.78 Å². The van der Waals surface area contributed by atoms with Crippen LogP contribution in [0.25, 0.3) is 0 Å². The van der Waals surface area contributed by atoms with Crippen molar-refractivity contribution in [1.82, 2.24) is 0 Å². The fourth-order valence-electron chi connectivity index (χ4n) is 1.63.